The highest BCUT2D eigenvalue weighted by molar-refractivity contribution is 6.11. The first-order valence-electron chi connectivity index (χ1n) is 4.16. The number of rotatable bonds is 4. The van der Waals surface area contributed by atoms with E-state index in [1.165, 1.54) is 7.05 Å². The van der Waals surface area contributed by atoms with Gasteiger partial charge in [0, 0.05) is 5.56 Å². The molecule has 0 saturated carbocycles. The number of nitrogens with one attached hydrogen (secondary N) is 1. The molecule has 1 atom stereocenters. The first-order valence-corrected chi connectivity index (χ1v) is 4.16. The summed E-state index contributed by atoms with van der Waals surface area (Å²) >= 11 is 0. The lowest BCUT2D eigenvalue weighted by Crippen LogP contribution is -2.41. The number of benzene rings is 1. The Bertz CT molecular complexity index is 334. The van der Waals surface area contributed by atoms with Crippen molar-refractivity contribution in [3.63, 3.8) is 0 Å². The van der Waals surface area contributed by atoms with E-state index >= 15 is 0 Å². The fraction of sp³-hybridized carbons (Fsp3) is 0.200. The topological polar surface area (TPSA) is 66.4 Å². The number of ketones is 1. The summed E-state index contributed by atoms with van der Waals surface area (Å²) in [4.78, 5) is 22.2. The maximum atomic E-state index is 11.6. The summed E-state index contributed by atoms with van der Waals surface area (Å²) in [6, 6.07) is 7.18. The van der Waals surface area contributed by atoms with Crippen molar-refractivity contribution in [3.05, 3.63) is 35.9 Å². The average Bonchev–Trinajstić information content (AvgIpc) is 2.19. The summed E-state index contributed by atoms with van der Waals surface area (Å²) in [5.74, 6) is -1.60. The van der Waals surface area contributed by atoms with Crippen LogP contribution in [0.3, 0.4) is 0 Å². The van der Waals surface area contributed by atoms with Crippen LogP contribution in [0.5, 0.6) is 0 Å². The van der Waals surface area contributed by atoms with Crippen molar-refractivity contribution in [3.8, 4) is 0 Å². The Labute approximate surface area is 81.6 Å². The normalized spacial score (nSPS) is 12.1. The number of hydrogen-bond donors (Lipinski definition) is 2. The molecular weight excluding hydrogens is 182 g/mol. The van der Waals surface area contributed by atoms with Crippen LogP contribution in [0.4, 0.5) is 0 Å². The molecule has 2 N–H and O–H groups in total. The monoisotopic (exact) mass is 193 g/mol. The molecule has 0 aliphatic heterocycles. The van der Waals surface area contributed by atoms with Crippen molar-refractivity contribution in [2.45, 2.75) is 6.04 Å². The van der Waals surface area contributed by atoms with Gasteiger partial charge in [-0.1, -0.05) is 30.3 Å². The van der Waals surface area contributed by atoms with Gasteiger partial charge >= 0.3 is 5.97 Å². The number of likely N-dealkylation sites (N-methyl/N-ethyl adjacent to an activating group) is 1. The van der Waals surface area contributed by atoms with E-state index in [4.69, 9.17) is 5.11 Å². The smallest absolute Gasteiger partial charge is 0.328 e. The van der Waals surface area contributed by atoms with Gasteiger partial charge in [0.1, 0.15) is 0 Å². The summed E-state index contributed by atoms with van der Waals surface area (Å²) in [5.41, 5.74) is 0.397. The first-order chi connectivity index (χ1) is 6.66. The summed E-state index contributed by atoms with van der Waals surface area (Å²) in [5, 5.41) is 11.2. The predicted molar refractivity (Wildman–Crippen MR) is 51.3 cm³/mol. The van der Waals surface area contributed by atoms with Gasteiger partial charge in [0.2, 0.25) is 0 Å². The minimum Gasteiger partial charge on any atom is -0.480 e. The van der Waals surface area contributed by atoms with Crippen LogP contribution in [-0.4, -0.2) is 29.9 Å². The second kappa shape index (κ2) is 4.53. The van der Waals surface area contributed by atoms with Crippen LogP contribution in [0.25, 0.3) is 0 Å². The number of carboxylic acid groups (broad SMARTS) is 1. The average molecular weight is 193 g/mol. The maximum Gasteiger partial charge on any atom is 0.328 e. The van der Waals surface area contributed by atoms with Gasteiger partial charge < -0.3 is 10.4 Å². The summed E-state index contributed by atoms with van der Waals surface area (Å²) < 4.78 is 0. The highest BCUT2D eigenvalue weighted by Gasteiger charge is 2.24. The van der Waals surface area contributed by atoms with Gasteiger partial charge in [-0.3, -0.25) is 9.59 Å². The molecule has 0 saturated heterocycles. The molecule has 0 bridgehead atoms. The van der Waals surface area contributed by atoms with Crippen LogP contribution in [0.1, 0.15) is 10.4 Å². The highest BCUT2D eigenvalue weighted by atomic mass is 16.4. The molecule has 0 heterocycles. The molecular formula is C10H11NO3. The van der Waals surface area contributed by atoms with Gasteiger partial charge in [-0.25, -0.2) is 0 Å². The number of Topliss-reactive ketones (excluding diaryl/α,β-unsaturated/α-hetero) is 1. The lowest BCUT2D eigenvalue weighted by Gasteiger charge is -2.09. The lowest BCUT2D eigenvalue weighted by molar-refractivity contribution is -0.137. The fourth-order valence-electron chi connectivity index (χ4n) is 1.14. The first kappa shape index (κ1) is 10.4. The van der Waals surface area contributed by atoms with Gasteiger partial charge in [0.25, 0.3) is 0 Å². The minimum absolute atomic E-state index is 0.397. The second-order valence-corrected chi connectivity index (χ2v) is 2.79. The third-order valence-corrected chi connectivity index (χ3v) is 1.86. The Kier molecular flexibility index (Phi) is 3.36. The molecule has 74 valence electrons. The zero-order chi connectivity index (χ0) is 10.6. The van der Waals surface area contributed by atoms with E-state index in [2.05, 4.69) is 5.32 Å². The van der Waals surface area contributed by atoms with Crippen molar-refractivity contribution in [1.82, 2.24) is 5.32 Å². The summed E-state index contributed by atoms with van der Waals surface area (Å²) in [6.45, 7) is 0. The van der Waals surface area contributed by atoms with Crippen LogP contribution in [0.2, 0.25) is 0 Å². The third kappa shape index (κ3) is 2.17. The Morgan fingerprint density at radius 2 is 1.86 bits per heavy atom. The largest absolute Gasteiger partial charge is 0.480 e. The lowest BCUT2D eigenvalue weighted by atomic mass is 10.0. The standard InChI is InChI=1S/C10H11NO3/c1-11-8(10(13)14)9(12)7-5-3-2-4-6-7/h2-6,8,11H,1H3,(H,13,14). The molecule has 4 nitrogen and oxygen atoms in total. The molecule has 0 aliphatic carbocycles. The van der Waals surface area contributed by atoms with Gasteiger partial charge in [0.05, 0.1) is 0 Å². The molecule has 0 spiro atoms. The van der Waals surface area contributed by atoms with Crippen molar-refractivity contribution in [2.75, 3.05) is 7.05 Å². The summed E-state index contributed by atoms with van der Waals surface area (Å²) in [7, 11) is 1.44. The fourth-order valence-corrected chi connectivity index (χ4v) is 1.14. The molecule has 1 rings (SSSR count). The van der Waals surface area contributed by atoms with Crippen LogP contribution in [-0.2, 0) is 4.79 Å². The van der Waals surface area contributed by atoms with Gasteiger partial charge in [-0.2, -0.15) is 0 Å². The SMILES string of the molecule is CNC(C(=O)O)C(=O)c1ccccc1. The number of hydrogen-bond acceptors (Lipinski definition) is 3. The molecule has 14 heavy (non-hydrogen) atoms. The predicted octanol–water partition coefficient (Wildman–Crippen LogP) is 0.542. The molecule has 0 aliphatic rings. The van der Waals surface area contributed by atoms with Crippen molar-refractivity contribution < 1.29 is 14.7 Å². The van der Waals surface area contributed by atoms with E-state index in [0.717, 1.165) is 0 Å². The van der Waals surface area contributed by atoms with Crippen LogP contribution in [0.15, 0.2) is 30.3 Å². The van der Waals surface area contributed by atoms with E-state index in [0.29, 0.717) is 5.56 Å². The molecule has 1 aromatic carbocycles. The van der Waals surface area contributed by atoms with Crippen molar-refractivity contribution in [1.29, 1.82) is 0 Å². The zero-order valence-corrected chi connectivity index (χ0v) is 7.73. The number of carbonyl (C=O) groups excluding carboxylic acids is 1. The Morgan fingerprint density at radius 3 is 2.29 bits per heavy atom. The molecule has 0 radical (unpaired) electrons. The van der Waals surface area contributed by atoms with Gasteiger partial charge in [-0.05, 0) is 7.05 Å². The van der Waals surface area contributed by atoms with E-state index in [1.54, 1.807) is 30.3 Å². The van der Waals surface area contributed by atoms with Crippen molar-refractivity contribution >= 4 is 11.8 Å². The number of carbonyl (C=O) groups is 2. The molecule has 0 amide bonds. The maximum absolute atomic E-state index is 11.6. The van der Waals surface area contributed by atoms with E-state index in [1.807, 2.05) is 0 Å². The van der Waals surface area contributed by atoms with E-state index in [-0.39, 0.29) is 0 Å². The minimum atomic E-state index is -1.17. The van der Waals surface area contributed by atoms with E-state index in [9.17, 15) is 9.59 Å². The van der Waals surface area contributed by atoms with Gasteiger partial charge in [0.15, 0.2) is 11.8 Å². The molecule has 1 aromatic rings. The number of aliphatic carboxylic acids is 1. The number of carboxylic acids is 1. The molecule has 1 unspecified atom stereocenters. The van der Waals surface area contributed by atoms with Gasteiger partial charge in [-0.15, -0.1) is 0 Å². The van der Waals surface area contributed by atoms with Crippen LogP contribution in [0, 0.1) is 0 Å². The summed E-state index contributed by atoms with van der Waals surface area (Å²) in [6.07, 6.45) is 0. The Hall–Kier alpha value is -1.68. The third-order valence-electron chi connectivity index (χ3n) is 1.86. The second-order valence-electron chi connectivity index (χ2n) is 2.79. The molecule has 4 heteroatoms. The Balaban J connectivity index is 2.89. The van der Waals surface area contributed by atoms with Crippen LogP contribution >= 0.6 is 0 Å². The molecule has 0 fully saturated rings. The highest BCUT2D eigenvalue weighted by Crippen LogP contribution is 2.03. The van der Waals surface area contributed by atoms with Crippen LogP contribution < -0.4 is 5.32 Å². The van der Waals surface area contributed by atoms with E-state index < -0.39 is 17.8 Å². The Morgan fingerprint density at radius 1 is 1.29 bits per heavy atom. The van der Waals surface area contributed by atoms with Crippen molar-refractivity contribution in [2.24, 2.45) is 0 Å². The molecule has 0 aromatic heterocycles. The zero-order valence-electron chi connectivity index (χ0n) is 7.73. The quantitative estimate of drug-likeness (QED) is 0.541.